The molecule has 0 saturated carbocycles. The van der Waals surface area contributed by atoms with Crippen molar-refractivity contribution in [2.24, 2.45) is 11.7 Å². The van der Waals surface area contributed by atoms with Crippen LogP contribution < -0.4 is 5.73 Å². The molecule has 0 saturated heterocycles. The summed E-state index contributed by atoms with van der Waals surface area (Å²) in [4.78, 5) is 0.330. The van der Waals surface area contributed by atoms with Gasteiger partial charge in [0.05, 0.1) is 4.90 Å². The van der Waals surface area contributed by atoms with E-state index in [1.54, 1.807) is 18.2 Å². The van der Waals surface area contributed by atoms with Gasteiger partial charge in [0.15, 0.2) is 9.84 Å². The predicted octanol–water partition coefficient (Wildman–Crippen LogP) is 2.17. The summed E-state index contributed by atoms with van der Waals surface area (Å²) in [5.41, 5.74) is 6.82. The van der Waals surface area contributed by atoms with Crippen LogP contribution in [0.4, 0.5) is 0 Å². The van der Waals surface area contributed by atoms with Crippen molar-refractivity contribution in [2.75, 3.05) is 6.26 Å². The molecule has 5 heteroatoms. The van der Waals surface area contributed by atoms with E-state index >= 15 is 0 Å². The quantitative estimate of drug-likeness (QED) is 0.909. The molecule has 0 spiro atoms. The van der Waals surface area contributed by atoms with Gasteiger partial charge in [0.25, 0.3) is 0 Å². The molecule has 1 atom stereocenters. The predicted molar refractivity (Wildman–Crippen MR) is 68.6 cm³/mol. The lowest BCUT2D eigenvalue weighted by Crippen LogP contribution is -2.17. The van der Waals surface area contributed by atoms with Crippen LogP contribution in [0.2, 0.25) is 0 Å². The van der Waals surface area contributed by atoms with Gasteiger partial charge >= 0.3 is 0 Å². The fourth-order valence-corrected chi connectivity index (χ4v) is 2.01. The highest BCUT2D eigenvalue weighted by atomic mass is 35.5. The smallest absolute Gasteiger partial charge is 0.175 e. The largest absolute Gasteiger partial charge is 0.324 e. The topological polar surface area (TPSA) is 60.2 Å². The average molecular weight is 264 g/mol. The summed E-state index contributed by atoms with van der Waals surface area (Å²) < 4.78 is 22.7. The Labute approximate surface area is 103 Å². The van der Waals surface area contributed by atoms with E-state index in [9.17, 15) is 8.42 Å². The van der Waals surface area contributed by atoms with Crippen LogP contribution >= 0.6 is 12.4 Å². The van der Waals surface area contributed by atoms with E-state index in [2.05, 4.69) is 0 Å². The van der Waals surface area contributed by atoms with Gasteiger partial charge < -0.3 is 5.73 Å². The van der Waals surface area contributed by atoms with Gasteiger partial charge in [-0.05, 0) is 23.6 Å². The first-order valence-corrected chi connectivity index (χ1v) is 6.77. The molecule has 0 fully saturated rings. The van der Waals surface area contributed by atoms with Crippen LogP contribution in [-0.4, -0.2) is 14.7 Å². The summed E-state index contributed by atoms with van der Waals surface area (Å²) in [6, 6.07) is 6.71. The normalized spacial score (nSPS) is 13.3. The Morgan fingerprint density at radius 3 is 2.25 bits per heavy atom. The molecule has 1 rings (SSSR count). The molecule has 0 bridgehead atoms. The lowest BCUT2D eigenvalue weighted by Gasteiger charge is -2.16. The maximum atomic E-state index is 11.3. The second-order valence-corrected chi connectivity index (χ2v) is 6.13. The molecular weight excluding hydrogens is 246 g/mol. The summed E-state index contributed by atoms with van der Waals surface area (Å²) in [5.74, 6) is 0.291. The Morgan fingerprint density at radius 1 is 1.25 bits per heavy atom. The van der Waals surface area contributed by atoms with Gasteiger partial charge in [0.2, 0.25) is 0 Å². The molecule has 16 heavy (non-hydrogen) atoms. The Kier molecular flexibility index (Phi) is 5.46. The monoisotopic (exact) mass is 263 g/mol. The zero-order chi connectivity index (χ0) is 11.6. The van der Waals surface area contributed by atoms with Gasteiger partial charge in [-0.2, -0.15) is 0 Å². The summed E-state index contributed by atoms with van der Waals surface area (Å²) in [5, 5.41) is 0. The molecule has 1 aromatic carbocycles. The van der Waals surface area contributed by atoms with Crippen LogP contribution in [0.15, 0.2) is 29.2 Å². The molecule has 1 aromatic rings. The number of hydrogen-bond acceptors (Lipinski definition) is 3. The minimum atomic E-state index is -3.14. The second kappa shape index (κ2) is 5.66. The summed E-state index contributed by atoms with van der Waals surface area (Å²) in [6.45, 7) is 4.02. The van der Waals surface area contributed by atoms with E-state index < -0.39 is 9.84 Å². The van der Waals surface area contributed by atoms with Crippen LogP contribution in [0.1, 0.15) is 25.5 Å². The maximum absolute atomic E-state index is 11.3. The van der Waals surface area contributed by atoms with Crippen molar-refractivity contribution in [2.45, 2.75) is 24.8 Å². The molecule has 0 aliphatic carbocycles. The molecule has 3 nitrogen and oxygen atoms in total. The Balaban J connectivity index is 0.00000225. The van der Waals surface area contributed by atoms with Crippen molar-refractivity contribution in [3.05, 3.63) is 29.8 Å². The third-order valence-electron chi connectivity index (χ3n) is 2.39. The Hall–Kier alpha value is -0.580. The van der Waals surface area contributed by atoms with Crippen molar-refractivity contribution in [3.63, 3.8) is 0 Å². The van der Waals surface area contributed by atoms with Crippen molar-refractivity contribution in [3.8, 4) is 0 Å². The molecule has 0 heterocycles. The van der Waals surface area contributed by atoms with E-state index in [0.29, 0.717) is 10.8 Å². The van der Waals surface area contributed by atoms with E-state index in [-0.39, 0.29) is 18.4 Å². The van der Waals surface area contributed by atoms with Crippen molar-refractivity contribution < 1.29 is 8.42 Å². The maximum Gasteiger partial charge on any atom is 0.175 e. The molecule has 0 amide bonds. The highest BCUT2D eigenvalue weighted by Crippen LogP contribution is 2.21. The van der Waals surface area contributed by atoms with Crippen LogP contribution in [0.3, 0.4) is 0 Å². The Bertz CT molecular complexity index is 443. The van der Waals surface area contributed by atoms with E-state index in [0.717, 1.165) is 5.56 Å². The van der Waals surface area contributed by atoms with Crippen molar-refractivity contribution in [1.29, 1.82) is 0 Å². The average Bonchev–Trinajstić information content (AvgIpc) is 2.15. The molecular formula is C11H18ClNO2S. The van der Waals surface area contributed by atoms with Gasteiger partial charge in [-0.1, -0.05) is 26.0 Å². The zero-order valence-corrected chi connectivity index (χ0v) is 11.3. The first kappa shape index (κ1) is 15.4. The Morgan fingerprint density at radius 2 is 1.81 bits per heavy atom. The number of rotatable bonds is 3. The third kappa shape index (κ3) is 3.77. The molecule has 92 valence electrons. The van der Waals surface area contributed by atoms with Crippen LogP contribution in [0.5, 0.6) is 0 Å². The molecule has 1 unspecified atom stereocenters. The second-order valence-electron chi connectivity index (χ2n) is 4.11. The first-order valence-electron chi connectivity index (χ1n) is 4.88. The van der Waals surface area contributed by atoms with Gasteiger partial charge in [-0.3, -0.25) is 0 Å². The van der Waals surface area contributed by atoms with Crippen LogP contribution in [-0.2, 0) is 9.84 Å². The minimum Gasteiger partial charge on any atom is -0.324 e. The number of hydrogen-bond donors (Lipinski definition) is 1. The van der Waals surface area contributed by atoms with E-state index in [1.165, 1.54) is 6.26 Å². The fourth-order valence-electron chi connectivity index (χ4n) is 1.34. The molecule has 0 aliphatic heterocycles. The lowest BCUT2D eigenvalue weighted by molar-refractivity contribution is 0.513. The number of benzene rings is 1. The standard InChI is InChI=1S/C11H17NO2S.ClH/c1-8(2)11(12)9-5-4-6-10(7-9)15(3,13)14;/h4-8,11H,12H2,1-3H3;1H. The van der Waals surface area contributed by atoms with Gasteiger partial charge in [-0.25, -0.2) is 8.42 Å². The number of halogens is 1. The lowest BCUT2D eigenvalue weighted by atomic mass is 9.97. The van der Waals surface area contributed by atoms with Crippen LogP contribution in [0.25, 0.3) is 0 Å². The van der Waals surface area contributed by atoms with E-state index in [1.807, 2.05) is 19.9 Å². The highest BCUT2D eigenvalue weighted by Gasteiger charge is 2.13. The summed E-state index contributed by atoms with van der Waals surface area (Å²) in [6.07, 6.45) is 1.20. The summed E-state index contributed by atoms with van der Waals surface area (Å²) in [7, 11) is -3.14. The first-order chi connectivity index (χ1) is 6.82. The number of sulfone groups is 1. The van der Waals surface area contributed by atoms with Gasteiger partial charge in [0, 0.05) is 12.3 Å². The molecule has 2 N–H and O–H groups in total. The minimum absolute atomic E-state index is 0. The van der Waals surface area contributed by atoms with Gasteiger partial charge in [0.1, 0.15) is 0 Å². The summed E-state index contributed by atoms with van der Waals surface area (Å²) >= 11 is 0. The fraction of sp³-hybridized carbons (Fsp3) is 0.455. The van der Waals surface area contributed by atoms with Gasteiger partial charge in [-0.15, -0.1) is 12.4 Å². The molecule has 0 radical (unpaired) electrons. The zero-order valence-electron chi connectivity index (χ0n) is 9.67. The highest BCUT2D eigenvalue weighted by molar-refractivity contribution is 7.90. The number of nitrogens with two attached hydrogens (primary N) is 1. The van der Waals surface area contributed by atoms with Crippen LogP contribution in [0, 0.1) is 5.92 Å². The SMILES string of the molecule is CC(C)C(N)c1cccc(S(C)(=O)=O)c1.Cl. The van der Waals surface area contributed by atoms with E-state index in [4.69, 9.17) is 5.73 Å². The van der Waals surface area contributed by atoms with Crippen molar-refractivity contribution in [1.82, 2.24) is 0 Å². The third-order valence-corrected chi connectivity index (χ3v) is 3.50. The van der Waals surface area contributed by atoms with Crippen molar-refractivity contribution >= 4 is 22.2 Å². The molecule has 0 aromatic heterocycles. The molecule has 0 aliphatic rings.